The maximum atomic E-state index is 12.0. The quantitative estimate of drug-likeness (QED) is 0.810. The van der Waals surface area contributed by atoms with E-state index >= 15 is 0 Å². The number of nitrogens with zero attached hydrogens (tertiary/aromatic N) is 1. The summed E-state index contributed by atoms with van der Waals surface area (Å²) in [6.45, 7) is 2.25. The van der Waals surface area contributed by atoms with Gasteiger partial charge in [0, 0.05) is 24.9 Å². The zero-order valence-electron chi connectivity index (χ0n) is 15.2. The van der Waals surface area contributed by atoms with Gasteiger partial charge in [0.05, 0.1) is 18.1 Å². The number of benzene rings is 1. The third kappa shape index (κ3) is 1.67. The Morgan fingerprint density at radius 3 is 2.96 bits per heavy atom. The number of aliphatic hydroxyl groups is 1. The molecule has 1 N–H and O–H groups in total. The molecular formula is C20H23NO5. The Hall–Kier alpha value is -2.05. The molecule has 2 heterocycles. The molecule has 1 fully saturated rings. The van der Waals surface area contributed by atoms with Gasteiger partial charge in [-0.2, -0.15) is 0 Å². The van der Waals surface area contributed by atoms with E-state index in [0.29, 0.717) is 23.7 Å². The van der Waals surface area contributed by atoms with Gasteiger partial charge in [-0.25, -0.2) is 0 Å². The normalized spacial score (nSPS) is 36.7. The number of hydrogen-bond donors (Lipinski definition) is 1. The van der Waals surface area contributed by atoms with Crippen molar-refractivity contribution in [2.75, 3.05) is 20.7 Å². The van der Waals surface area contributed by atoms with Gasteiger partial charge in [-0.15, -0.1) is 0 Å². The lowest BCUT2D eigenvalue weighted by atomic mass is 9.50. The van der Waals surface area contributed by atoms with Crippen LogP contribution in [-0.4, -0.2) is 54.4 Å². The fourth-order valence-electron chi connectivity index (χ4n) is 5.75. The zero-order valence-corrected chi connectivity index (χ0v) is 15.2. The second kappa shape index (κ2) is 5.02. The maximum absolute atomic E-state index is 12.0. The number of esters is 1. The van der Waals surface area contributed by atoms with Crippen molar-refractivity contribution in [2.24, 2.45) is 0 Å². The molecule has 138 valence electrons. The molecule has 0 amide bonds. The summed E-state index contributed by atoms with van der Waals surface area (Å²) in [6, 6.07) is 4.02. The van der Waals surface area contributed by atoms with Gasteiger partial charge in [0.1, 0.15) is 5.76 Å². The van der Waals surface area contributed by atoms with Gasteiger partial charge in [-0.05, 0) is 44.1 Å². The van der Waals surface area contributed by atoms with Crippen molar-refractivity contribution < 1.29 is 24.1 Å². The number of piperidine rings is 1. The predicted octanol–water partition coefficient (Wildman–Crippen LogP) is 1.54. The van der Waals surface area contributed by atoms with E-state index < -0.39 is 17.1 Å². The standard InChI is InChI=1S/C20H23NO5/c1-11(22)25-14-6-7-20(23)15-10-12-4-5-13(24-3)17-16(12)19(20,18(14)26-17)8-9-21(15)2/h4-6,15,18,23H,7-10H2,1-3H3/t15-,18+,19+,20-/m0/s1. The molecule has 4 atom stereocenters. The van der Waals surface area contributed by atoms with Crippen LogP contribution < -0.4 is 9.47 Å². The fraction of sp³-hybridized carbons (Fsp3) is 0.550. The predicted molar refractivity (Wildman–Crippen MR) is 93.2 cm³/mol. The molecule has 6 nitrogen and oxygen atoms in total. The topological polar surface area (TPSA) is 68.2 Å². The van der Waals surface area contributed by atoms with Crippen molar-refractivity contribution >= 4 is 5.97 Å². The largest absolute Gasteiger partial charge is 0.493 e. The number of likely N-dealkylation sites (N-methyl/N-ethyl adjacent to an activating group) is 1. The minimum atomic E-state index is -0.959. The van der Waals surface area contributed by atoms with Crippen molar-refractivity contribution in [1.82, 2.24) is 4.90 Å². The first-order valence-electron chi connectivity index (χ1n) is 9.10. The minimum Gasteiger partial charge on any atom is -0.493 e. The van der Waals surface area contributed by atoms with Crippen LogP contribution in [-0.2, 0) is 21.4 Å². The fourth-order valence-corrected chi connectivity index (χ4v) is 5.75. The summed E-state index contributed by atoms with van der Waals surface area (Å²) in [7, 11) is 3.69. The summed E-state index contributed by atoms with van der Waals surface area (Å²) in [6.07, 6.45) is 3.29. The van der Waals surface area contributed by atoms with Gasteiger partial charge in [0.2, 0.25) is 0 Å². The van der Waals surface area contributed by atoms with Gasteiger partial charge < -0.3 is 24.2 Å². The number of ether oxygens (including phenoxy) is 3. The summed E-state index contributed by atoms with van der Waals surface area (Å²) in [5.74, 6) is 1.49. The van der Waals surface area contributed by atoms with E-state index in [2.05, 4.69) is 18.0 Å². The molecule has 0 unspecified atom stereocenters. The zero-order chi connectivity index (χ0) is 18.3. The third-order valence-corrected chi connectivity index (χ3v) is 6.82. The van der Waals surface area contributed by atoms with Gasteiger partial charge >= 0.3 is 5.97 Å². The highest BCUT2D eigenvalue weighted by Gasteiger charge is 2.72. The van der Waals surface area contributed by atoms with Crippen LogP contribution in [0, 0.1) is 0 Å². The average Bonchev–Trinajstić information content (AvgIpc) is 2.95. The SMILES string of the molecule is COc1ccc2c3c1O[C@@H]1C(OC(C)=O)=CC[C@]4(O)[C@H](C2)N(C)CC[C@@]314. The Kier molecular flexibility index (Phi) is 3.12. The van der Waals surface area contributed by atoms with Crippen molar-refractivity contribution in [1.29, 1.82) is 0 Å². The van der Waals surface area contributed by atoms with E-state index in [1.165, 1.54) is 12.5 Å². The third-order valence-electron chi connectivity index (χ3n) is 6.82. The molecule has 2 bridgehead atoms. The summed E-state index contributed by atoms with van der Waals surface area (Å²) in [5.41, 5.74) is 0.667. The first-order valence-corrected chi connectivity index (χ1v) is 9.10. The molecule has 4 aliphatic rings. The lowest BCUT2D eigenvalue weighted by molar-refractivity contribution is -0.168. The highest BCUT2D eigenvalue weighted by atomic mass is 16.6. The molecule has 26 heavy (non-hydrogen) atoms. The molecule has 5 rings (SSSR count). The van der Waals surface area contributed by atoms with E-state index in [4.69, 9.17) is 14.2 Å². The van der Waals surface area contributed by atoms with E-state index in [1.807, 2.05) is 12.1 Å². The van der Waals surface area contributed by atoms with Crippen LogP contribution in [0.2, 0.25) is 0 Å². The summed E-state index contributed by atoms with van der Waals surface area (Å²) in [5, 5.41) is 12.0. The molecule has 6 heteroatoms. The second-order valence-corrected chi connectivity index (χ2v) is 7.88. The number of methoxy groups -OCH3 is 1. The van der Waals surface area contributed by atoms with Crippen LogP contribution in [0.25, 0.3) is 0 Å². The van der Waals surface area contributed by atoms with Crippen LogP contribution in [0.4, 0.5) is 0 Å². The van der Waals surface area contributed by atoms with E-state index in [1.54, 1.807) is 7.11 Å². The van der Waals surface area contributed by atoms with Crippen molar-refractivity contribution in [2.45, 2.75) is 49.3 Å². The number of likely N-dealkylation sites (tertiary alicyclic amines) is 1. The molecule has 1 spiro atoms. The smallest absolute Gasteiger partial charge is 0.307 e. The number of carbonyl (C=O) groups is 1. The number of rotatable bonds is 2. The van der Waals surface area contributed by atoms with Crippen LogP contribution in [0.3, 0.4) is 0 Å². The Bertz CT molecular complexity index is 849. The minimum absolute atomic E-state index is 0.00400. The molecule has 2 aliphatic heterocycles. The van der Waals surface area contributed by atoms with Gasteiger partial charge in [-0.1, -0.05) is 6.07 Å². The van der Waals surface area contributed by atoms with E-state index in [9.17, 15) is 9.90 Å². The Morgan fingerprint density at radius 1 is 1.42 bits per heavy atom. The van der Waals surface area contributed by atoms with E-state index in [-0.39, 0.29) is 12.0 Å². The summed E-state index contributed by atoms with van der Waals surface area (Å²) in [4.78, 5) is 13.9. The number of hydrogen-bond acceptors (Lipinski definition) is 6. The van der Waals surface area contributed by atoms with Crippen molar-refractivity contribution in [3.05, 3.63) is 35.1 Å². The van der Waals surface area contributed by atoms with Crippen molar-refractivity contribution in [3.8, 4) is 11.5 Å². The molecule has 1 aromatic carbocycles. The Balaban J connectivity index is 1.79. The monoisotopic (exact) mass is 357 g/mol. The lowest BCUT2D eigenvalue weighted by Gasteiger charge is -2.61. The molecular weight excluding hydrogens is 334 g/mol. The first-order chi connectivity index (χ1) is 12.4. The summed E-state index contributed by atoms with van der Waals surface area (Å²) < 4.78 is 17.4. The highest BCUT2D eigenvalue weighted by Crippen LogP contribution is 2.65. The molecule has 1 aromatic rings. The second-order valence-electron chi connectivity index (χ2n) is 7.88. The van der Waals surface area contributed by atoms with Gasteiger partial charge in [0.25, 0.3) is 0 Å². The van der Waals surface area contributed by atoms with E-state index in [0.717, 1.165) is 24.9 Å². The Labute approximate surface area is 152 Å². The lowest BCUT2D eigenvalue weighted by Crippen LogP contribution is -2.74. The maximum Gasteiger partial charge on any atom is 0.307 e. The molecule has 2 aliphatic carbocycles. The molecule has 1 saturated heterocycles. The molecule has 0 aromatic heterocycles. The summed E-state index contributed by atoms with van der Waals surface area (Å²) >= 11 is 0. The average molecular weight is 357 g/mol. The van der Waals surface area contributed by atoms with Crippen molar-refractivity contribution in [3.63, 3.8) is 0 Å². The van der Waals surface area contributed by atoms with Crippen LogP contribution in [0.1, 0.15) is 30.9 Å². The highest BCUT2D eigenvalue weighted by molar-refractivity contribution is 5.69. The number of carbonyl (C=O) groups excluding carboxylic acids is 1. The molecule has 0 radical (unpaired) electrons. The van der Waals surface area contributed by atoms with Gasteiger partial charge in [0.15, 0.2) is 17.6 Å². The van der Waals surface area contributed by atoms with Crippen LogP contribution in [0.5, 0.6) is 11.5 Å². The van der Waals surface area contributed by atoms with Crippen LogP contribution in [0.15, 0.2) is 24.0 Å². The van der Waals surface area contributed by atoms with Gasteiger partial charge in [-0.3, -0.25) is 4.79 Å². The first kappa shape index (κ1) is 16.1. The van der Waals surface area contributed by atoms with Crippen LogP contribution >= 0.6 is 0 Å². The molecule has 0 saturated carbocycles. The Morgan fingerprint density at radius 2 is 2.23 bits per heavy atom.